The van der Waals surface area contributed by atoms with Crippen molar-refractivity contribution < 1.29 is 32.7 Å². The molecule has 2 saturated heterocycles. The summed E-state index contributed by atoms with van der Waals surface area (Å²) in [7, 11) is 0. The molecule has 186 valence electrons. The standard InChI is InChI=1S/C25H26F2N2O5S/c26-16-9-18-17(10-22(29(18)35-27)34-21-12-33-24-20(31)11-32-25(21)24)28-23(16)14-7-5-13(6-8-14)15-3-1-2-4-19(15)30/h5-10,15,19-21,24-25,30-31H,1-4,11-12H2/t15-,19-,20+,21+,24?,25+/m0/s1. The number of aromatic nitrogens is 2. The van der Waals surface area contributed by atoms with Gasteiger partial charge in [-0.25, -0.2) is 13.3 Å². The lowest BCUT2D eigenvalue weighted by atomic mass is 9.81. The van der Waals surface area contributed by atoms with Crippen molar-refractivity contribution in [3.05, 3.63) is 47.8 Å². The molecule has 4 heterocycles. The van der Waals surface area contributed by atoms with Crippen LogP contribution in [0.15, 0.2) is 36.4 Å². The molecule has 0 radical (unpaired) electrons. The summed E-state index contributed by atoms with van der Waals surface area (Å²) in [4.78, 5) is 4.48. The van der Waals surface area contributed by atoms with Gasteiger partial charge < -0.3 is 24.4 Å². The minimum absolute atomic E-state index is 0.0949. The van der Waals surface area contributed by atoms with E-state index < -0.39 is 30.2 Å². The summed E-state index contributed by atoms with van der Waals surface area (Å²) in [5.41, 5.74) is 2.43. The van der Waals surface area contributed by atoms with Gasteiger partial charge in [0.2, 0.25) is 5.88 Å². The molecule has 0 spiro atoms. The van der Waals surface area contributed by atoms with Crippen LogP contribution in [0.25, 0.3) is 22.3 Å². The summed E-state index contributed by atoms with van der Waals surface area (Å²) in [6, 6.07) is 10.3. The number of rotatable bonds is 5. The third-order valence-electron chi connectivity index (χ3n) is 7.33. The average molecular weight is 505 g/mol. The van der Waals surface area contributed by atoms with E-state index in [4.69, 9.17) is 14.2 Å². The highest BCUT2D eigenvalue weighted by Gasteiger charge is 2.48. The van der Waals surface area contributed by atoms with Gasteiger partial charge in [-0.05, 0) is 18.4 Å². The summed E-state index contributed by atoms with van der Waals surface area (Å²) in [6.07, 6.45) is 1.33. The van der Waals surface area contributed by atoms with E-state index in [9.17, 15) is 14.1 Å². The van der Waals surface area contributed by atoms with Gasteiger partial charge in [-0.1, -0.05) is 37.1 Å². The van der Waals surface area contributed by atoms with Gasteiger partial charge in [0, 0.05) is 23.6 Å². The quantitative estimate of drug-likeness (QED) is 0.540. The molecule has 1 unspecified atom stereocenters. The van der Waals surface area contributed by atoms with Crippen LogP contribution in [0.5, 0.6) is 5.88 Å². The maximum atomic E-state index is 15.1. The Morgan fingerprint density at radius 3 is 2.54 bits per heavy atom. The highest BCUT2D eigenvalue weighted by atomic mass is 32.2. The van der Waals surface area contributed by atoms with Gasteiger partial charge in [0.1, 0.15) is 24.0 Å². The van der Waals surface area contributed by atoms with E-state index in [-0.39, 0.29) is 54.7 Å². The van der Waals surface area contributed by atoms with Gasteiger partial charge in [0.25, 0.3) is 0 Å². The second-order valence-corrected chi connectivity index (χ2v) is 9.97. The Bertz CT molecular complexity index is 1220. The number of nitrogens with zero attached hydrogens (tertiary/aromatic N) is 2. The van der Waals surface area contributed by atoms with E-state index in [2.05, 4.69) is 4.98 Å². The number of hydrogen-bond acceptors (Lipinski definition) is 7. The lowest BCUT2D eigenvalue weighted by molar-refractivity contribution is 0.00776. The predicted octanol–water partition coefficient (Wildman–Crippen LogP) is 4.15. The molecular formula is C25H26F2N2O5S. The second-order valence-electron chi connectivity index (χ2n) is 9.47. The SMILES string of the molecule is O[C@@H]1CO[C@H]2C1OC[C@H]2Oc1cc2nc(-c3ccc([C@@H]4CCCC[C@@H]4O)cc3)c(F)cc2n1SF. The minimum Gasteiger partial charge on any atom is -0.469 e. The van der Waals surface area contributed by atoms with E-state index in [0.29, 0.717) is 11.1 Å². The zero-order valence-electron chi connectivity index (χ0n) is 18.8. The Morgan fingerprint density at radius 2 is 1.77 bits per heavy atom. The molecular weight excluding hydrogens is 478 g/mol. The number of aliphatic hydroxyl groups excluding tert-OH is 2. The maximum absolute atomic E-state index is 15.1. The van der Waals surface area contributed by atoms with Crippen molar-refractivity contribution in [3.63, 3.8) is 0 Å². The van der Waals surface area contributed by atoms with E-state index >= 15 is 4.39 Å². The molecule has 35 heavy (non-hydrogen) atoms. The summed E-state index contributed by atoms with van der Waals surface area (Å²) in [6.45, 7) is 0.352. The third kappa shape index (κ3) is 4.11. The van der Waals surface area contributed by atoms with Gasteiger partial charge in [0.05, 0.1) is 30.4 Å². The van der Waals surface area contributed by atoms with Gasteiger partial charge in [0.15, 0.2) is 24.3 Å². The molecule has 0 amide bonds. The maximum Gasteiger partial charge on any atom is 0.209 e. The molecule has 10 heteroatoms. The lowest BCUT2D eigenvalue weighted by Gasteiger charge is -2.28. The van der Waals surface area contributed by atoms with E-state index in [1.54, 1.807) is 6.07 Å². The van der Waals surface area contributed by atoms with E-state index in [1.807, 2.05) is 24.3 Å². The number of fused-ring (bicyclic) bond motifs is 2. The Hall–Kier alpha value is -2.24. The van der Waals surface area contributed by atoms with Crippen LogP contribution in [0.1, 0.15) is 37.2 Å². The zero-order chi connectivity index (χ0) is 24.1. The molecule has 2 aromatic heterocycles. The fourth-order valence-electron chi connectivity index (χ4n) is 5.50. The molecule has 6 rings (SSSR count). The first-order valence-corrected chi connectivity index (χ1v) is 12.6. The smallest absolute Gasteiger partial charge is 0.209 e. The van der Waals surface area contributed by atoms with Crippen molar-refractivity contribution in [2.75, 3.05) is 13.2 Å². The number of aliphatic hydroxyl groups is 2. The number of halogens is 2. The second kappa shape index (κ2) is 9.33. The monoisotopic (exact) mass is 504 g/mol. The topological polar surface area (TPSA) is 86.0 Å². The molecule has 3 aromatic rings. The molecule has 1 aromatic carbocycles. The molecule has 7 nitrogen and oxygen atoms in total. The summed E-state index contributed by atoms with van der Waals surface area (Å²) in [5.74, 6) is -0.315. The molecule has 3 fully saturated rings. The van der Waals surface area contributed by atoms with Crippen LogP contribution in [0, 0.1) is 5.82 Å². The summed E-state index contributed by atoms with van der Waals surface area (Å²) >= 11 is -0.101. The van der Waals surface area contributed by atoms with Crippen molar-refractivity contribution >= 4 is 23.4 Å². The van der Waals surface area contributed by atoms with Gasteiger partial charge in [-0.15, -0.1) is 3.89 Å². The summed E-state index contributed by atoms with van der Waals surface area (Å²) in [5, 5.41) is 20.3. The van der Waals surface area contributed by atoms with Crippen LogP contribution in [-0.2, 0) is 9.47 Å². The normalized spacial score (nSPS) is 30.6. The van der Waals surface area contributed by atoms with Crippen molar-refractivity contribution in [2.24, 2.45) is 0 Å². The Balaban J connectivity index is 1.29. The number of hydrogen-bond donors (Lipinski definition) is 2. The van der Waals surface area contributed by atoms with Crippen LogP contribution < -0.4 is 4.74 Å². The highest BCUT2D eigenvalue weighted by Crippen LogP contribution is 2.37. The first-order valence-electron chi connectivity index (χ1n) is 11.9. The Morgan fingerprint density at radius 1 is 1.00 bits per heavy atom. The third-order valence-corrected chi connectivity index (χ3v) is 7.84. The van der Waals surface area contributed by atoms with Crippen molar-refractivity contribution in [1.82, 2.24) is 8.96 Å². The Labute approximate surface area is 205 Å². The Kier molecular flexibility index (Phi) is 6.18. The average Bonchev–Trinajstić information content (AvgIpc) is 3.54. The van der Waals surface area contributed by atoms with Crippen LogP contribution >= 0.6 is 12.3 Å². The first kappa shape index (κ1) is 23.2. The lowest BCUT2D eigenvalue weighted by Crippen LogP contribution is -2.34. The molecule has 3 aliphatic rings. The number of ether oxygens (including phenoxy) is 3. The van der Waals surface area contributed by atoms with Crippen LogP contribution in [-0.4, -0.2) is 62.9 Å². The highest BCUT2D eigenvalue weighted by molar-refractivity contribution is 7.93. The fourth-order valence-corrected chi connectivity index (χ4v) is 5.88. The largest absolute Gasteiger partial charge is 0.469 e. The minimum atomic E-state index is -0.721. The van der Waals surface area contributed by atoms with E-state index in [0.717, 1.165) is 35.2 Å². The molecule has 2 aliphatic heterocycles. The zero-order valence-corrected chi connectivity index (χ0v) is 19.7. The van der Waals surface area contributed by atoms with Gasteiger partial charge >= 0.3 is 0 Å². The molecule has 0 bridgehead atoms. The van der Waals surface area contributed by atoms with Gasteiger partial charge in [-0.3, -0.25) is 0 Å². The van der Waals surface area contributed by atoms with Crippen molar-refractivity contribution in [2.45, 2.75) is 62.1 Å². The van der Waals surface area contributed by atoms with Crippen molar-refractivity contribution in [3.8, 4) is 17.1 Å². The fraction of sp³-hybridized carbons (Fsp3) is 0.480. The van der Waals surface area contributed by atoms with Crippen molar-refractivity contribution in [1.29, 1.82) is 0 Å². The van der Waals surface area contributed by atoms with Crippen LogP contribution in [0.4, 0.5) is 8.28 Å². The number of pyridine rings is 1. The summed E-state index contributed by atoms with van der Waals surface area (Å²) < 4.78 is 47.3. The predicted molar refractivity (Wildman–Crippen MR) is 126 cm³/mol. The molecule has 1 aliphatic carbocycles. The molecule has 1 saturated carbocycles. The molecule has 6 atom stereocenters. The first-order chi connectivity index (χ1) is 17.0. The number of benzene rings is 1. The van der Waals surface area contributed by atoms with Crippen LogP contribution in [0.3, 0.4) is 0 Å². The molecule has 2 N–H and O–H groups in total. The van der Waals surface area contributed by atoms with Crippen LogP contribution in [0.2, 0.25) is 0 Å². The van der Waals surface area contributed by atoms with E-state index in [1.165, 1.54) is 6.07 Å². The van der Waals surface area contributed by atoms with Gasteiger partial charge in [-0.2, -0.15) is 0 Å².